The van der Waals surface area contributed by atoms with Gasteiger partial charge in [-0.1, -0.05) is 44.2 Å². The molecule has 7 nitrogen and oxygen atoms in total. The second-order valence-corrected chi connectivity index (χ2v) is 9.37. The Morgan fingerprint density at radius 1 is 1.30 bits per heavy atom. The standard InChI is InChI=1S/C21H28N2O5S2/c1-5-13(3)19(30-14(4)24)20(26)22-15-12-29-17-10-8-7-9-16(17)23(21(15)27)11-18(25)28-6-2/h7-10,13,15,19H,5-6,11-12H2,1-4H3,(H,22,26)/t13-,15?,19-/m0/s1. The Morgan fingerprint density at radius 2 is 2.00 bits per heavy atom. The van der Waals surface area contributed by atoms with Crippen LogP contribution in [0.3, 0.4) is 0 Å². The lowest BCUT2D eigenvalue weighted by molar-refractivity contribution is -0.142. The Kier molecular flexibility index (Phi) is 9.23. The first-order valence-corrected chi connectivity index (χ1v) is 11.8. The van der Waals surface area contributed by atoms with E-state index in [1.54, 1.807) is 19.1 Å². The predicted molar refractivity (Wildman–Crippen MR) is 120 cm³/mol. The van der Waals surface area contributed by atoms with Gasteiger partial charge in [0.25, 0.3) is 5.91 Å². The van der Waals surface area contributed by atoms with Gasteiger partial charge in [-0.2, -0.15) is 0 Å². The van der Waals surface area contributed by atoms with Crippen molar-refractivity contribution in [3.63, 3.8) is 0 Å². The van der Waals surface area contributed by atoms with E-state index >= 15 is 0 Å². The Bertz CT molecular complexity index is 801. The molecule has 2 amide bonds. The van der Waals surface area contributed by atoms with Crippen molar-refractivity contribution in [1.82, 2.24) is 5.32 Å². The Labute approximate surface area is 185 Å². The maximum Gasteiger partial charge on any atom is 0.326 e. The average Bonchev–Trinajstić information content (AvgIpc) is 2.83. The third-order valence-corrected chi connectivity index (χ3v) is 7.17. The maximum atomic E-state index is 13.3. The van der Waals surface area contributed by atoms with Crippen LogP contribution in [0.5, 0.6) is 0 Å². The van der Waals surface area contributed by atoms with Gasteiger partial charge in [-0.05, 0) is 25.0 Å². The lowest BCUT2D eigenvalue weighted by Crippen LogP contribution is -2.53. The molecule has 0 radical (unpaired) electrons. The van der Waals surface area contributed by atoms with E-state index in [9.17, 15) is 19.2 Å². The summed E-state index contributed by atoms with van der Waals surface area (Å²) in [4.78, 5) is 52.2. The topological polar surface area (TPSA) is 92.8 Å². The number of carbonyl (C=O) groups excluding carboxylic acids is 4. The van der Waals surface area contributed by atoms with Crippen molar-refractivity contribution in [2.24, 2.45) is 5.92 Å². The number of fused-ring (bicyclic) bond motifs is 1. The lowest BCUT2D eigenvalue weighted by Gasteiger charge is -2.27. The highest BCUT2D eigenvalue weighted by Crippen LogP contribution is 2.34. The molecule has 2 rings (SSSR count). The minimum Gasteiger partial charge on any atom is -0.465 e. The molecule has 0 aliphatic carbocycles. The molecular weight excluding hydrogens is 424 g/mol. The van der Waals surface area contributed by atoms with Crippen LogP contribution in [0.25, 0.3) is 0 Å². The number of nitrogens with zero attached hydrogens (tertiary/aromatic N) is 1. The number of nitrogens with one attached hydrogen (secondary N) is 1. The second-order valence-electron chi connectivity index (χ2n) is 6.98. The molecule has 0 saturated carbocycles. The van der Waals surface area contributed by atoms with E-state index < -0.39 is 17.3 Å². The van der Waals surface area contributed by atoms with Gasteiger partial charge < -0.3 is 10.1 Å². The van der Waals surface area contributed by atoms with E-state index in [0.29, 0.717) is 11.4 Å². The summed E-state index contributed by atoms with van der Waals surface area (Å²) in [6, 6.07) is 6.50. The normalized spacial score (nSPS) is 18.1. The molecule has 164 valence electrons. The van der Waals surface area contributed by atoms with Crippen LogP contribution in [0.2, 0.25) is 0 Å². The van der Waals surface area contributed by atoms with Crippen molar-refractivity contribution in [2.45, 2.75) is 50.3 Å². The molecule has 0 aromatic heterocycles. The second kappa shape index (κ2) is 11.4. The molecule has 1 aromatic rings. The van der Waals surface area contributed by atoms with Gasteiger partial charge in [-0.3, -0.25) is 24.1 Å². The Balaban J connectivity index is 2.26. The van der Waals surface area contributed by atoms with E-state index in [2.05, 4.69) is 5.32 Å². The van der Waals surface area contributed by atoms with Gasteiger partial charge >= 0.3 is 5.97 Å². The fourth-order valence-corrected chi connectivity index (χ4v) is 5.06. The van der Waals surface area contributed by atoms with Gasteiger partial charge in [0.2, 0.25) is 5.91 Å². The van der Waals surface area contributed by atoms with Crippen molar-refractivity contribution < 1.29 is 23.9 Å². The van der Waals surface area contributed by atoms with Crippen LogP contribution in [-0.2, 0) is 23.9 Å². The monoisotopic (exact) mass is 452 g/mol. The number of hydrogen-bond donors (Lipinski definition) is 1. The van der Waals surface area contributed by atoms with E-state index in [-0.39, 0.29) is 36.0 Å². The molecule has 1 aliphatic rings. The largest absolute Gasteiger partial charge is 0.465 e. The minimum absolute atomic E-state index is 0.0275. The molecule has 0 fully saturated rings. The number of esters is 1. The fraction of sp³-hybridized carbons (Fsp3) is 0.524. The summed E-state index contributed by atoms with van der Waals surface area (Å²) >= 11 is 2.43. The van der Waals surface area contributed by atoms with E-state index in [1.165, 1.54) is 23.6 Å². The van der Waals surface area contributed by atoms with E-state index in [1.807, 2.05) is 26.0 Å². The van der Waals surface area contributed by atoms with Gasteiger partial charge in [0.1, 0.15) is 12.6 Å². The van der Waals surface area contributed by atoms with Gasteiger partial charge in [-0.25, -0.2) is 0 Å². The third kappa shape index (κ3) is 6.25. The van der Waals surface area contributed by atoms with Gasteiger partial charge in [-0.15, -0.1) is 11.8 Å². The van der Waals surface area contributed by atoms with Crippen molar-refractivity contribution in [1.29, 1.82) is 0 Å². The van der Waals surface area contributed by atoms with E-state index in [4.69, 9.17) is 4.74 Å². The number of amides is 2. The molecule has 9 heteroatoms. The zero-order valence-corrected chi connectivity index (χ0v) is 19.3. The lowest BCUT2D eigenvalue weighted by atomic mass is 10.0. The molecule has 0 bridgehead atoms. The zero-order valence-electron chi connectivity index (χ0n) is 17.7. The summed E-state index contributed by atoms with van der Waals surface area (Å²) in [6.07, 6.45) is 0.728. The molecule has 1 unspecified atom stereocenters. The first-order valence-electron chi connectivity index (χ1n) is 9.94. The highest BCUT2D eigenvalue weighted by molar-refractivity contribution is 8.14. The third-order valence-electron chi connectivity index (χ3n) is 4.75. The maximum absolute atomic E-state index is 13.3. The number of thioether (sulfide) groups is 2. The Morgan fingerprint density at radius 3 is 2.63 bits per heavy atom. The van der Waals surface area contributed by atoms with E-state index in [0.717, 1.165) is 23.1 Å². The number of ether oxygens (including phenoxy) is 1. The first kappa shape index (κ1) is 24.3. The summed E-state index contributed by atoms with van der Waals surface area (Å²) < 4.78 is 5.03. The van der Waals surface area contributed by atoms with Crippen LogP contribution >= 0.6 is 23.5 Å². The van der Waals surface area contributed by atoms with Crippen LogP contribution in [0.4, 0.5) is 5.69 Å². The van der Waals surface area contributed by atoms with Gasteiger partial charge in [0.15, 0.2) is 5.12 Å². The number of anilines is 1. The fourth-order valence-electron chi connectivity index (χ4n) is 3.03. The number of carbonyl (C=O) groups is 4. The highest BCUT2D eigenvalue weighted by Gasteiger charge is 2.35. The summed E-state index contributed by atoms with van der Waals surface area (Å²) in [5, 5.41) is 2.10. The van der Waals surface area contributed by atoms with Crippen LogP contribution in [0, 0.1) is 5.92 Å². The van der Waals surface area contributed by atoms with Crippen LogP contribution in [0.1, 0.15) is 34.1 Å². The quantitative estimate of drug-likeness (QED) is 0.606. The van der Waals surface area contributed by atoms with Crippen molar-refractivity contribution in [3.8, 4) is 0 Å². The number of hydrogen-bond acceptors (Lipinski definition) is 7. The van der Waals surface area contributed by atoms with Gasteiger partial charge in [0.05, 0.1) is 17.5 Å². The Hall–Kier alpha value is -2.00. The van der Waals surface area contributed by atoms with Crippen LogP contribution in [-0.4, -0.2) is 53.1 Å². The van der Waals surface area contributed by atoms with Crippen LogP contribution in [0.15, 0.2) is 29.2 Å². The number of rotatable bonds is 8. The van der Waals surface area contributed by atoms with Crippen molar-refractivity contribution >= 4 is 52.1 Å². The van der Waals surface area contributed by atoms with Crippen LogP contribution < -0.4 is 10.2 Å². The molecule has 3 atom stereocenters. The smallest absolute Gasteiger partial charge is 0.326 e. The average molecular weight is 453 g/mol. The molecule has 1 aliphatic heterocycles. The predicted octanol–water partition coefficient (Wildman–Crippen LogP) is 2.87. The molecule has 30 heavy (non-hydrogen) atoms. The molecule has 0 spiro atoms. The molecule has 1 aromatic carbocycles. The van der Waals surface area contributed by atoms with Crippen molar-refractivity contribution in [3.05, 3.63) is 24.3 Å². The molecular formula is C21H28N2O5S2. The summed E-state index contributed by atoms with van der Waals surface area (Å²) in [6.45, 7) is 6.99. The molecule has 1 heterocycles. The highest BCUT2D eigenvalue weighted by atomic mass is 32.2. The minimum atomic E-state index is -0.816. The summed E-state index contributed by atoms with van der Waals surface area (Å²) in [5.74, 6) is -0.920. The zero-order chi connectivity index (χ0) is 22.3. The van der Waals surface area contributed by atoms with Gasteiger partial charge in [0, 0.05) is 17.6 Å². The number of benzene rings is 1. The molecule has 1 N–H and O–H groups in total. The summed E-state index contributed by atoms with van der Waals surface area (Å²) in [5.41, 5.74) is 0.619. The number of para-hydroxylation sites is 1. The SMILES string of the molecule is CCOC(=O)CN1C(=O)C(NC(=O)[C@@H](SC(C)=O)[C@@H](C)CC)CSc2ccccc21. The van der Waals surface area contributed by atoms with Crippen molar-refractivity contribution in [2.75, 3.05) is 23.8 Å². The first-order chi connectivity index (χ1) is 14.3. The summed E-state index contributed by atoms with van der Waals surface area (Å²) in [7, 11) is 0. The molecule has 0 saturated heterocycles.